The van der Waals surface area contributed by atoms with Crippen LogP contribution in [0.15, 0.2) is 53.5 Å². The van der Waals surface area contributed by atoms with Crippen LogP contribution in [-0.2, 0) is 0 Å². The number of carbonyl (C=O) groups is 2. The molecule has 0 aliphatic rings. The molecule has 7 heteroatoms. The van der Waals surface area contributed by atoms with Crippen LogP contribution in [0.5, 0.6) is 0 Å². The van der Waals surface area contributed by atoms with E-state index in [2.05, 4.69) is 0 Å². The van der Waals surface area contributed by atoms with Crippen molar-refractivity contribution in [2.75, 3.05) is 0 Å². The first-order valence-electron chi connectivity index (χ1n) is 8.23. The molecule has 0 spiro atoms. The van der Waals surface area contributed by atoms with Gasteiger partial charge in [-0.1, -0.05) is 11.6 Å². The lowest BCUT2D eigenvalue weighted by Crippen LogP contribution is -2.23. The smallest absolute Gasteiger partial charge is 0.255 e. The van der Waals surface area contributed by atoms with Gasteiger partial charge in [-0.3, -0.25) is 19.0 Å². The molecule has 0 aliphatic carbocycles. The van der Waals surface area contributed by atoms with E-state index < -0.39 is 34.3 Å². The van der Waals surface area contributed by atoms with Gasteiger partial charge in [0.2, 0.25) is 11.6 Å². The Morgan fingerprint density at radius 2 is 1.57 bits per heavy atom. The molecule has 0 atom stereocenters. The lowest BCUT2D eigenvalue weighted by molar-refractivity contribution is 0.0814. The molecule has 0 amide bonds. The van der Waals surface area contributed by atoms with Crippen LogP contribution in [0.3, 0.4) is 0 Å². The zero-order valence-corrected chi connectivity index (χ0v) is 15.7. The van der Waals surface area contributed by atoms with Crippen molar-refractivity contribution in [3.63, 3.8) is 0 Å². The van der Waals surface area contributed by atoms with Crippen LogP contribution >= 0.6 is 11.6 Å². The Morgan fingerprint density at radius 3 is 2.18 bits per heavy atom. The zero-order valence-electron chi connectivity index (χ0n) is 14.9. The van der Waals surface area contributed by atoms with Gasteiger partial charge >= 0.3 is 0 Å². The third kappa shape index (κ3) is 3.64. The molecule has 1 heterocycles. The van der Waals surface area contributed by atoms with Gasteiger partial charge in [-0.15, -0.1) is 0 Å². The monoisotopic (exact) mass is 401 g/mol. The average molecular weight is 402 g/mol. The minimum atomic E-state index is -1.13. The van der Waals surface area contributed by atoms with Gasteiger partial charge in [0, 0.05) is 28.9 Å². The molecule has 0 N–H and O–H groups in total. The van der Waals surface area contributed by atoms with Crippen LogP contribution in [0, 0.1) is 25.5 Å². The van der Waals surface area contributed by atoms with E-state index >= 15 is 0 Å². The first-order chi connectivity index (χ1) is 13.2. The molecule has 142 valence electrons. The summed E-state index contributed by atoms with van der Waals surface area (Å²) in [7, 11) is 0. The molecule has 0 unspecified atom stereocenters. The largest absolute Gasteiger partial charge is 0.285 e. The second-order valence-electron chi connectivity index (χ2n) is 6.30. The summed E-state index contributed by atoms with van der Waals surface area (Å²) in [6.07, 6.45) is 1.23. The number of nitrogens with zero attached hydrogens (tertiary/aromatic N) is 1. The van der Waals surface area contributed by atoms with Gasteiger partial charge in [-0.25, -0.2) is 8.78 Å². The van der Waals surface area contributed by atoms with Crippen LogP contribution in [0.1, 0.15) is 31.8 Å². The van der Waals surface area contributed by atoms with Crippen molar-refractivity contribution >= 4 is 23.2 Å². The Morgan fingerprint density at radius 1 is 0.929 bits per heavy atom. The minimum absolute atomic E-state index is 0.0953. The molecule has 0 radical (unpaired) electrons. The molecule has 4 nitrogen and oxygen atoms in total. The second kappa shape index (κ2) is 7.48. The zero-order chi connectivity index (χ0) is 20.6. The molecule has 0 saturated carbocycles. The maximum absolute atomic E-state index is 13.8. The number of Topliss-reactive ketones (excluding diaryl/α,β-unsaturated/α-hetero) is 2. The number of carbonyl (C=O) groups excluding carboxylic acids is 2. The Kier molecular flexibility index (Phi) is 5.25. The van der Waals surface area contributed by atoms with Crippen molar-refractivity contribution in [2.24, 2.45) is 0 Å². The van der Waals surface area contributed by atoms with Crippen molar-refractivity contribution in [1.29, 1.82) is 0 Å². The Bertz CT molecular complexity index is 1160. The third-order valence-corrected chi connectivity index (χ3v) is 4.47. The molecule has 0 saturated heterocycles. The van der Waals surface area contributed by atoms with E-state index in [4.69, 9.17) is 11.6 Å². The topological polar surface area (TPSA) is 56.1 Å². The fraction of sp³-hybridized carbons (Fsp3) is 0.0952. The Balaban J connectivity index is 2.08. The van der Waals surface area contributed by atoms with E-state index in [1.807, 2.05) is 0 Å². The molecule has 1 aromatic heterocycles. The number of ketones is 2. The fourth-order valence-electron chi connectivity index (χ4n) is 3.01. The number of pyridine rings is 1. The minimum Gasteiger partial charge on any atom is -0.285 e. The summed E-state index contributed by atoms with van der Waals surface area (Å²) in [4.78, 5) is 37.3. The van der Waals surface area contributed by atoms with Gasteiger partial charge in [-0.05, 0) is 55.3 Å². The number of benzene rings is 2. The van der Waals surface area contributed by atoms with Crippen molar-refractivity contribution < 1.29 is 18.4 Å². The van der Waals surface area contributed by atoms with Gasteiger partial charge in [0.25, 0.3) is 5.56 Å². The molecule has 28 heavy (non-hydrogen) atoms. The van der Waals surface area contributed by atoms with Crippen LogP contribution in [0.4, 0.5) is 8.78 Å². The lowest BCUT2D eigenvalue weighted by Gasteiger charge is -2.14. The van der Waals surface area contributed by atoms with E-state index in [9.17, 15) is 23.2 Å². The van der Waals surface area contributed by atoms with Crippen molar-refractivity contribution in [1.82, 2.24) is 4.57 Å². The first-order valence-corrected chi connectivity index (χ1v) is 8.60. The van der Waals surface area contributed by atoms with Crippen LogP contribution < -0.4 is 5.56 Å². The summed E-state index contributed by atoms with van der Waals surface area (Å²) in [5.41, 5.74) is 0.889. The third-order valence-electron chi connectivity index (χ3n) is 4.25. The highest BCUT2D eigenvalue weighted by molar-refractivity contribution is 6.49. The maximum atomic E-state index is 13.8. The van der Waals surface area contributed by atoms with Crippen LogP contribution in [-0.4, -0.2) is 16.1 Å². The number of halogens is 3. The van der Waals surface area contributed by atoms with E-state index in [-0.39, 0.29) is 5.56 Å². The summed E-state index contributed by atoms with van der Waals surface area (Å²) in [6.45, 7) is 3.52. The van der Waals surface area contributed by atoms with Crippen LogP contribution in [0.25, 0.3) is 5.69 Å². The Labute approximate surface area is 164 Å². The summed E-state index contributed by atoms with van der Waals surface area (Å²) in [6, 6.07) is 8.02. The fourth-order valence-corrected chi connectivity index (χ4v) is 3.33. The van der Waals surface area contributed by atoms with Crippen molar-refractivity contribution in [3.8, 4) is 5.69 Å². The molecule has 2 aromatic carbocycles. The molecular formula is C21H14ClF2NO3. The number of aryl methyl sites for hydroxylation is 2. The van der Waals surface area contributed by atoms with Gasteiger partial charge in [0.15, 0.2) is 0 Å². The number of rotatable bonds is 4. The van der Waals surface area contributed by atoms with E-state index in [0.29, 0.717) is 27.9 Å². The maximum Gasteiger partial charge on any atom is 0.255 e. The van der Waals surface area contributed by atoms with Gasteiger partial charge in [0.05, 0.1) is 11.3 Å². The first kappa shape index (κ1) is 19.6. The summed E-state index contributed by atoms with van der Waals surface area (Å²) >= 11 is 6.02. The Hall–Kier alpha value is -3.12. The highest BCUT2D eigenvalue weighted by atomic mass is 35.5. The SMILES string of the molecule is Cc1cc(Cl)cc(C)c1-n1cc(C(=O)C(=O)c2ccc(F)cc2F)ccc1=O. The average Bonchev–Trinajstić information content (AvgIpc) is 2.61. The van der Waals surface area contributed by atoms with E-state index in [1.165, 1.54) is 16.8 Å². The van der Waals surface area contributed by atoms with Crippen LogP contribution in [0.2, 0.25) is 5.02 Å². The van der Waals surface area contributed by atoms with Crippen molar-refractivity contribution in [3.05, 3.63) is 97.9 Å². The predicted octanol–water partition coefficient (Wildman–Crippen LogP) is 4.45. The molecular weight excluding hydrogens is 388 g/mol. The molecule has 0 fully saturated rings. The molecule has 0 bridgehead atoms. The summed E-state index contributed by atoms with van der Waals surface area (Å²) < 4.78 is 28.1. The lowest BCUT2D eigenvalue weighted by atomic mass is 10.0. The molecule has 3 aromatic rings. The van der Waals surface area contributed by atoms with Gasteiger partial charge < -0.3 is 0 Å². The number of aromatic nitrogens is 1. The standard InChI is InChI=1S/C21H14ClF2NO3/c1-11-7-14(22)8-12(2)19(11)25-10-13(3-6-18(25)26)20(27)21(28)16-5-4-15(23)9-17(16)24/h3-10H,1-2H3. The normalized spacial score (nSPS) is 10.8. The number of hydrogen-bond donors (Lipinski definition) is 0. The molecule has 3 rings (SSSR count). The van der Waals surface area contributed by atoms with Crippen molar-refractivity contribution in [2.45, 2.75) is 13.8 Å². The molecule has 0 aliphatic heterocycles. The summed E-state index contributed by atoms with van der Waals surface area (Å²) in [5.74, 6) is -4.13. The van der Waals surface area contributed by atoms with Gasteiger partial charge in [0.1, 0.15) is 11.6 Å². The highest BCUT2D eigenvalue weighted by Crippen LogP contribution is 2.23. The second-order valence-corrected chi connectivity index (χ2v) is 6.73. The summed E-state index contributed by atoms with van der Waals surface area (Å²) in [5, 5.41) is 0.501. The highest BCUT2D eigenvalue weighted by Gasteiger charge is 2.23. The van der Waals surface area contributed by atoms with E-state index in [0.717, 1.165) is 18.2 Å². The predicted molar refractivity (Wildman–Crippen MR) is 102 cm³/mol. The quantitative estimate of drug-likeness (QED) is 0.479. The van der Waals surface area contributed by atoms with Gasteiger partial charge in [-0.2, -0.15) is 0 Å². The van der Waals surface area contributed by atoms with E-state index in [1.54, 1.807) is 26.0 Å². The number of hydrogen-bond acceptors (Lipinski definition) is 3.